The Balaban J connectivity index is 2.43. The van der Waals surface area contributed by atoms with Crippen LogP contribution < -0.4 is 0 Å². The van der Waals surface area contributed by atoms with E-state index in [0.29, 0.717) is 12.8 Å². The summed E-state index contributed by atoms with van der Waals surface area (Å²) < 4.78 is 23.7. The molecule has 0 aromatic heterocycles. The van der Waals surface area contributed by atoms with Crippen molar-refractivity contribution < 1.29 is 23.1 Å². The molecule has 0 fully saturated rings. The van der Waals surface area contributed by atoms with Crippen LogP contribution in [0.1, 0.15) is 12.0 Å². The topological polar surface area (TPSA) is 91.8 Å². The molecule has 1 aromatic rings. The molecule has 1 N–H and O–H groups in total. The molecule has 21 heavy (non-hydrogen) atoms. The van der Waals surface area contributed by atoms with Crippen LogP contribution in [0.2, 0.25) is 0 Å². The van der Waals surface area contributed by atoms with Crippen molar-refractivity contribution in [2.24, 2.45) is 0 Å². The second-order valence-corrected chi connectivity index (χ2v) is 7.01. The lowest BCUT2D eigenvalue weighted by atomic mass is 10.1. The molecule has 0 atom stereocenters. The Morgan fingerprint density at radius 3 is 2.38 bits per heavy atom. The SMILES string of the molecule is CN(CC(=O)O)C(=O)CS(=O)(=O)CCCc1ccccc1. The van der Waals surface area contributed by atoms with E-state index >= 15 is 0 Å². The number of carbonyl (C=O) groups excluding carboxylic acids is 1. The van der Waals surface area contributed by atoms with Crippen LogP contribution in [0.5, 0.6) is 0 Å². The van der Waals surface area contributed by atoms with Gasteiger partial charge in [-0.1, -0.05) is 30.3 Å². The van der Waals surface area contributed by atoms with Gasteiger partial charge in [-0.15, -0.1) is 0 Å². The van der Waals surface area contributed by atoms with Crippen LogP contribution in [-0.4, -0.2) is 55.4 Å². The summed E-state index contributed by atoms with van der Waals surface area (Å²) in [5, 5.41) is 8.56. The molecule has 0 bridgehead atoms. The highest BCUT2D eigenvalue weighted by molar-refractivity contribution is 7.92. The van der Waals surface area contributed by atoms with Gasteiger partial charge in [0.15, 0.2) is 9.84 Å². The Morgan fingerprint density at radius 2 is 1.81 bits per heavy atom. The number of aliphatic carboxylic acids is 1. The maximum atomic E-state index is 11.8. The van der Waals surface area contributed by atoms with E-state index < -0.39 is 34.0 Å². The fourth-order valence-electron chi connectivity index (χ4n) is 1.80. The van der Waals surface area contributed by atoms with E-state index in [2.05, 4.69) is 0 Å². The molecular formula is C14H19NO5S. The third-order valence-electron chi connectivity index (χ3n) is 2.91. The van der Waals surface area contributed by atoms with Gasteiger partial charge in [-0.2, -0.15) is 0 Å². The Labute approximate surface area is 124 Å². The number of benzene rings is 1. The number of aryl methyl sites for hydroxylation is 1. The summed E-state index contributed by atoms with van der Waals surface area (Å²) in [6.07, 6.45) is 1.06. The van der Waals surface area contributed by atoms with Crippen molar-refractivity contribution in [2.45, 2.75) is 12.8 Å². The van der Waals surface area contributed by atoms with Crippen molar-refractivity contribution in [3.05, 3.63) is 35.9 Å². The molecule has 0 unspecified atom stereocenters. The molecule has 0 spiro atoms. The highest BCUT2D eigenvalue weighted by Gasteiger charge is 2.20. The van der Waals surface area contributed by atoms with Gasteiger partial charge in [-0.25, -0.2) is 8.42 Å². The number of rotatable bonds is 8. The number of nitrogens with zero attached hydrogens (tertiary/aromatic N) is 1. The molecule has 1 amide bonds. The van der Waals surface area contributed by atoms with Crippen molar-refractivity contribution in [3.63, 3.8) is 0 Å². The van der Waals surface area contributed by atoms with Gasteiger partial charge in [0.1, 0.15) is 12.3 Å². The van der Waals surface area contributed by atoms with E-state index in [0.717, 1.165) is 10.5 Å². The number of sulfone groups is 1. The minimum absolute atomic E-state index is 0.0887. The lowest BCUT2D eigenvalue weighted by Crippen LogP contribution is -2.36. The quantitative estimate of drug-likeness (QED) is 0.758. The zero-order valence-electron chi connectivity index (χ0n) is 11.9. The Kier molecular flexibility index (Phi) is 6.36. The number of carboxylic acids is 1. The first-order valence-corrected chi connectivity index (χ1v) is 8.32. The Bertz CT molecular complexity index is 583. The molecule has 0 radical (unpaired) electrons. The summed E-state index contributed by atoms with van der Waals surface area (Å²) in [4.78, 5) is 23.0. The van der Waals surface area contributed by atoms with E-state index in [1.54, 1.807) is 0 Å². The summed E-state index contributed by atoms with van der Waals surface area (Å²) in [6.45, 7) is -0.502. The fraction of sp³-hybridized carbons (Fsp3) is 0.429. The molecule has 116 valence electrons. The second kappa shape index (κ2) is 7.78. The zero-order chi connectivity index (χ0) is 15.9. The van der Waals surface area contributed by atoms with Gasteiger partial charge in [0.2, 0.25) is 5.91 Å². The van der Waals surface area contributed by atoms with Crippen molar-refractivity contribution >= 4 is 21.7 Å². The third kappa shape index (κ3) is 6.89. The van der Waals surface area contributed by atoms with Gasteiger partial charge in [0.25, 0.3) is 0 Å². The number of likely N-dealkylation sites (N-methyl/N-ethyl adjacent to an activating group) is 1. The second-order valence-electron chi connectivity index (χ2n) is 4.82. The minimum Gasteiger partial charge on any atom is -0.480 e. The Morgan fingerprint density at radius 1 is 1.19 bits per heavy atom. The van der Waals surface area contributed by atoms with Gasteiger partial charge in [-0.05, 0) is 18.4 Å². The molecule has 6 nitrogen and oxygen atoms in total. The highest BCUT2D eigenvalue weighted by Crippen LogP contribution is 2.05. The molecule has 0 saturated heterocycles. The lowest BCUT2D eigenvalue weighted by Gasteiger charge is -2.14. The van der Waals surface area contributed by atoms with Crippen LogP contribution in [0.4, 0.5) is 0 Å². The molecular weight excluding hydrogens is 294 g/mol. The average molecular weight is 313 g/mol. The Hall–Kier alpha value is -1.89. The van der Waals surface area contributed by atoms with Gasteiger partial charge >= 0.3 is 5.97 Å². The molecule has 0 saturated carbocycles. The number of hydrogen-bond acceptors (Lipinski definition) is 4. The van der Waals surface area contributed by atoms with Crippen LogP contribution in [0.15, 0.2) is 30.3 Å². The van der Waals surface area contributed by atoms with E-state index in [9.17, 15) is 18.0 Å². The average Bonchev–Trinajstić information content (AvgIpc) is 2.38. The lowest BCUT2D eigenvalue weighted by molar-refractivity contribution is -0.142. The molecule has 1 aromatic carbocycles. The summed E-state index contributed by atoms with van der Waals surface area (Å²) in [5.41, 5.74) is 1.04. The predicted molar refractivity (Wildman–Crippen MR) is 78.7 cm³/mol. The summed E-state index contributed by atoms with van der Waals surface area (Å²) in [7, 11) is -2.24. The van der Waals surface area contributed by atoms with Crippen LogP contribution in [0.25, 0.3) is 0 Å². The van der Waals surface area contributed by atoms with Crippen molar-refractivity contribution in [3.8, 4) is 0 Å². The maximum absolute atomic E-state index is 11.8. The van der Waals surface area contributed by atoms with Gasteiger partial charge in [0, 0.05) is 7.05 Å². The van der Waals surface area contributed by atoms with E-state index in [1.807, 2.05) is 30.3 Å². The molecule has 0 aliphatic carbocycles. The number of amides is 1. The van der Waals surface area contributed by atoms with Gasteiger partial charge < -0.3 is 10.0 Å². The van der Waals surface area contributed by atoms with E-state index in [-0.39, 0.29) is 5.75 Å². The van der Waals surface area contributed by atoms with Gasteiger partial charge in [0.05, 0.1) is 5.75 Å². The van der Waals surface area contributed by atoms with Crippen LogP contribution >= 0.6 is 0 Å². The maximum Gasteiger partial charge on any atom is 0.323 e. The fourth-order valence-corrected chi connectivity index (χ4v) is 3.13. The van der Waals surface area contributed by atoms with Crippen LogP contribution in [0, 0.1) is 0 Å². The summed E-state index contributed by atoms with van der Waals surface area (Å²) in [6, 6.07) is 9.48. The first-order valence-electron chi connectivity index (χ1n) is 6.50. The number of carboxylic acid groups (broad SMARTS) is 1. The normalized spacial score (nSPS) is 11.1. The zero-order valence-corrected chi connectivity index (χ0v) is 12.7. The highest BCUT2D eigenvalue weighted by atomic mass is 32.2. The van der Waals surface area contributed by atoms with Crippen molar-refractivity contribution in [1.82, 2.24) is 4.90 Å². The van der Waals surface area contributed by atoms with E-state index in [4.69, 9.17) is 5.11 Å². The minimum atomic E-state index is -3.52. The van der Waals surface area contributed by atoms with Crippen LogP contribution in [0.3, 0.4) is 0 Å². The largest absolute Gasteiger partial charge is 0.480 e. The van der Waals surface area contributed by atoms with Crippen molar-refractivity contribution in [1.29, 1.82) is 0 Å². The summed E-state index contributed by atoms with van der Waals surface area (Å²) >= 11 is 0. The van der Waals surface area contributed by atoms with Crippen molar-refractivity contribution in [2.75, 3.05) is 25.1 Å². The first-order chi connectivity index (χ1) is 9.80. The molecule has 1 rings (SSSR count). The number of carbonyl (C=O) groups is 2. The van der Waals surface area contributed by atoms with E-state index in [1.165, 1.54) is 7.05 Å². The van der Waals surface area contributed by atoms with Gasteiger partial charge in [-0.3, -0.25) is 9.59 Å². The monoisotopic (exact) mass is 313 g/mol. The number of hydrogen-bond donors (Lipinski definition) is 1. The first kappa shape index (κ1) is 17.2. The predicted octanol–water partition coefficient (Wildman–Crippen LogP) is 0.577. The summed E-state index contributed by atoms with van der Waals surface area (Å²) in [5.74, 6) is -2.61. The molecule has 7 heteroatoms. The molecule has 0 heterocycles. The molecule has 0 aliphatic rings. The smallest absolute Gasteiger partial charge is 0.323 e. The van der Waals surface area contributed by atoms with Crippen LogP contribution in [-0.2, 0) is 25.8 Å². The molecule has 0 aliphatic heterocycles. The third-order valence-corrected chi connectivity index (χ3v) is 4.50. The standard InChI is InChI=1S/C14H19NO5S/c1-15(10-14(17)18)13(16)11-21(19,20)9-5-8-12-6-3-2-4-7-12/h2-4,6-7H,5,8-11H2,1H3,(H,17,18).